The lowest BCUT2D eigenvalue weighted by molar-refractivity contribution is 0.366. The van der Waals surface area contributed by atoms with Crippen LogP contribution in [0.4, 0.5) is 0 Å². The molecule has 2 aliphatic rings. The Kier molecular flexibility index (Phi) is 3.31. The Hall–Kier alpha value is -0.550. The van der Waals surface area contributed by atoms with E-state index in [4.69, 9.17) is 5.26 Å². The van der Waals surface area contributed by atoms with Gasteiger partial charge < -0.3 is 5.32 Å². The number of nitriles is 1. The maximum absolute atomic E-state index is 8.72. The smallest absolute Gasteiger partial charge is 0.0628 e. The van der Waals surface area contributed by atoms with E-state index in [0.29, 0.717) is 5.41 Å². The summed E-state index contributed by atoms with van der Waals surface area (Å²) in [4.78, 5) is 0. The topological polar surface area (TPSA) is 35.8 Å². The molecule has 2 nitrogen and oxygen atoms in total. The molecular formula is C13H22N2. The molecule has 2 atom stereocenters. The molecule has 0 aromatic rings. The summed E-state index contributed by atoms with van der Waals surface area (Å²) >= 11 is 0. The van der Waals surface area contributed by atoms with E-state index in [-0.39, 0.29) is 0 Å². The van der Waals surface area contributed by atoms with Crippen molar-refractivity contribution in [3.05, 3.63) is 0 Å². The SMILES string of the molecule is CC1CCCC1CNCC1(CC#N)CC1. The van der Waals surface area contributed by atoms with Crippen molar-refractivity contribution in [2.45, 2.75) is 45.4 Å². The van der Waals surface area contributed by atoms with Crippen molar-refractivity contribution in [3.8, 4) is 6.07 Å². The second kappa shape index (κ2) is 4.53. The molecule has 2 fully saturated rings. The molecule has 0 bridgehead atoms. The van der Waals surface area contributed by atoms with Crippen molar-refractivity contribution in [1.29, 1.82) is 5.26 Å². The van der Waals surface area contributed by atoms with Crippen LogP contribution in [0.5, 0.6) is 0 Å². The summed E-state index contributed by atoms with van der Waals surface area (Å²) in [6, 6.07) is 2.32. The summed E-state index contributed by atoms with van der Waals surface area (Å²) in [5.74, 6) is 1.80. The fraction of sp³-hybridized carbons (Fsp3) is 0.923. The summed E-state index contributed by atoms with van der Waals surface area (Å²) in [5.41, 5.74) is 0.372. The van der Waals surface area contributed by atoms with Gasteiger partial charge in [0.15, 0.2) is 0 Å². The van der Waals surface area contributed by atoms with E-state index < -0.39 is 0 Å². The normalized spacial score (nSPS) is 32.5. The molecule has 0 amide bonds. The molecule has 0 aliphatic heterocycles. The van der Waals surface area contributed by atoms with Crippen LogP contribution in [-0.2, 0) is 0 Å². The first-order chi connectivity index (χ1) is 7.26. The zero-order chi connectivity index (χ0) is 10.7. The van der Waals surface area contributed by atoms with E-state index in [2.05, 4.69) is 18.3 Å². The van der Waals surface area contributed by atoms with Gasteiger partial charge in [-0.05, 0) is 43.1 Å². The Balaban J connectivity index is 1.65. The molecule has 0 radical (unpaired) electrons. The highest BCUT2D eigenvalue weighted by Gasteiger charge is 2.42. The van der Waals surface area contributed by atoms with Crippen LogP contribution in [0.15, 0.2) is 0 Å². The zero-order valence-electron chi connectivity index (χ0n) is 9.76. The number of hydrogen-bond donors (Lipinski definition) is 1. The van der Waals surface area contributed by atoms with Crippen molar-refractivity contribution in [1.82, 2.24) is 5.32 Å². The molecule has 2 heteroatoms. The average Bonchev–Trinajstić information content (AvgIpc) is 2.85. The molecule has 0 aromatic carbocycles. The molecule has 1 N–H and O–H groups in total. The van der Waals surface area contributed by atoms with Crippen LogP contribution in [-0.4, -0.2) is 13.1 Å². The van der Waals surface area contributed by atoms with E-state index in [0.717, 1.165) is 24.8 Å². The van der Waals surface area contributed by atoms with Crippen molar-refractivity contribution in [3.63, 3.8) is 0 Å². The summed E-state index contributed by atoms with van der Waals surface area (Å²) in [6.07, 6.45) is 7.49. The van der Waals surface area contributed by atoms with Gasteiger partial charge in [-0.3, -0.25) is 0 Å². The van der Waals surface area contributed by atoms with E-state index >= 15 is 0 Å². The van der Waals surface area contributed by atoms with Crippen LogP contribution in [0, 0.1) is 28.6 Å². The Morgan fingerprint density at radius 1 is 1.40 bits per heavy atom. The second-order valence-electron chi connectivity index (χ2n) is 5.63. The average molecular weight is 206 g/mol. The van der Waals surface area contributed by atoms with E-state index in [1.165, 1.54) is 38.6 Å². The molecule has 0 spiro atoms. The molecule has 84 valence electrons. The summed E-state index contributed by atoms with van der Waals surface area (Å²) in [7, 11) is 0. The zero-order valence-corrected chi connectivity index (χ0v) is 9.76. The first-order valence-corrected chi connectivity index (χ1v) is 6.33. The van der Waals surface area contributed by atoms with Crippen LogP contribution in [0.1, 0.15) is 45.4 Å². The third-order valence-corrected chi connectivity index (χ3v) is 4.36. The van der Waals surface area contributed by atoms with Crippen molar-refractivity contribution in [2.24, 2.45) is 17.3 Å². The van der Waals surface area contributed by atoms with Gasteiger partial charge in [-0.2, -0.15) is 5.26 Å². The van der Waals surface area contributed by atoms with Crippen molar-refractivity contribution >= 4 is 0 Å². The highest BCUT2D eigenvalue weighted by Crippen LogP contribution is 2.47. The van der Waals surface area contributed by atoms with Crippen LogP contribution in [0.25, 0.3) is 0 Å². The van der Waals surface area contributed by atoms with Gasteiger partial charge in [0, 0.05) is 13.0 Å². The highest BCUT2D eigenvalue weighted by molar-refractivity contribution is 5.00. The lowest BCUT2D eigenvalue weighted by Crippen LogP contribution is -2.29. The molecular weight excluding hydrogens is 184 g/mol. The lowest BCUT2D eigenvalue weighted by atomic mass is 9.97. The molecule has 15 heavy (non-hydrogen) atoms. The summed E-state index contributed by atoms with van der Waals surface area (Å²) in [5, 5.41) is 12.3. The molecule has 2 saturated carbocycles. The molecule has 2 rings (SSSR count). The quantitative estimate of drug-likeness (QED) is 0.750. The fourth-order valence-electron chi connectivity index (χ4n) is 2.81. The monoisotopic (exact) mass is 206 g/mol. The maximum Gasteiger partial charge on any atom is 0.0628 e. The third kappa shape index (κ3) is 2.72. The molecule has 0 saturated heterocycles. The largest absolute Gasteiger partial charge is 0.316 e. The third-order valence-electron chi connectivity index (χ3n) is 4.36. The number of nitrogens with zero attached hydrogens (tertiary/aromatic N) is 1. The van der Waals surface area contributed by atoms with Gasteiger partial charge in [0.1, 0.15) is 0 Å². The minimum Gasteiger partial charge on any atom is -0.316 e. The predicted octanol–water partition coefficient (Wildman–Crippen LogP) is 2.71. The van der Waals surface area contributed by atoms with Gasteiger partial charge in [0.2, 0.25) is 0 Å². The first-order valence-electron chi connectivity index (χ1n) is 6.33. The van der Waals surface area contributed by atoms with Gasteiger partial charge in [0.25, 0.3) is 0 Å². The van der Waals surface area contributed by atoms with Crippen LogP contribution >= 0.6 is 0 Å². The summed E-state index contributed by atoms with van der Waals surface area (Å²) < 4.78 is 0. The Morgan fingerprint density at radius 2 is 2.20 bits per heavy atom. The minimum absolute atomic E-state index is 0.372. The fourth-order valence-corrected chi connectivity index (χ4v) is 2.81. The lowest BCUT2D eigenvalue weighted by Gasteiger charge is -2.18. The van der Waals surface area contributed by atoms with Crippen LogP contribution in [0.2, 0.25) is 0 Å². The Morgan fingerprint density at radius 3 is 2.73 bits per heavy atom. The molecule has 2 aliphatic carbocycles. The second-order valence-corrected chi connectivity index (χ2v) is 5.63. The highest BCUT2D eigenvalue weighted by atomic mass is 14.9. The van der Waals surface area contributed by atoms with Crippen LogP contribution < -0.4 is 5.32 Å². The minimum atomic E-state index is 0.372. The van der Waals surface area contributed by atoms with Crippen LogP contribution in [0.3, 0.4) is 0 Å². The number of hydrogen-bond acceptors (Lipinski definition) is 2. The Labute approximate surface area is 93.0 Å². The van der Waals surface area contributed by atoms with Gasteiger partial charge in [-0.25, -0.2) is 0 Å². The first kappa shape index (κ1) is 11.0. The van der Waals surface area contributed by atoms with Crippen molar-refractivity contribution in [2.75, 3.05) is 13.1 Å². The van der Waals surface area contributed by atoms with E-state index in [1.54, 1.807) is 0 Å². The Bertz CT molecular complexity index is 250. The van der Waals surface area contributed by atoms with Gasteiger partial charge in [0.05, 0.1) is 6.07 Å². The predicted molar refractivity (Wildman–Crippen MR) is 61.3 cm³/mol. The maximum atomic E-state index is 8.72. The standard InChI is InChI=1S/C13H22N2/c1-11-3-2-4-12(11)9-15-10-13(5-6-13)7-8-14/h11-12,15H,2-7,9-10H2,1H3. The number of nitrogens with one attached hydrogen (secondary N) is 1. The van der Waals surface area contributed by atoms with E-state index in [9.17, 15) is 0 Å². The molecule has 0 heterocycles. The van der Waals surface area contributed by atoms with Crippen molar-refractivity contribution < 1.29 is 0 Å². The van der Waals surface area contributed by atoms with E-state index in [1.807, 2.05) is 0 Å². The summed E-state index contributed by atoms with van der Waals surface area (Å²) in [6.45, 7) is 4.62. The molecule has 0 aromatic heterocycles. The molecule has 2 unspecified atom stereocenters. The number of rotatable bonds is 5. The van der Waals surface area contributed by atoms with Gasteiger partial charge >= 0.3 is 0 Å². The van der Waals surface area contributed by atoms with Gasteiger partial charge in [-0.15, -0.1) is 0 Å². The van der Waals surface area contributed by atoms with Gasteiger partial charge in [-0.1, -0.05) is 19.8 Å².